The van der Waals surface area contributed by atoms with Crippen LogP contribution in [0.15, 0.2) is 44.4 Å². The lowest BCUT2D eigenvalue weighted by molar-refractivity contribution is 0.413. The van der Waals surface area contributed by atoms with E-state index >= 15 is 0 Å². The van der Waals surface area contributed by atoms with Gasteiger partial charge in [0.2, 0.25) is 0 Å². The highest BCUT2D eigenvalue weighted by atomic mass is 79.9. The predicted octanol–water partition coefficient (Wildman–Crippen LogP) is 3.56. The first-order chi connectivity index (χ1) is 9.42. The highest BCUT2D eigenvalue weighted by molar-refractivity contribution is 9.11. The zero-order valence-electron chi connectivity index (χ0n) is 11.0. The van der Waals surface area contributed by atoms with Crippen LogP contribution in [0.1, 0.15) is 18.5 Å². The van der Waals surface area contributed by atoms with Crippen molar-refractivity contribution >= 4 is 37.3 Å². The van der Waals surface area contributed by atoms with Gasteiger partial charge in [-0.15, -0.1) is 11.3 Å². The van der Waals surface area contributed by atoms with Gasteiger partial charge in [0.05, 0.1) is 10.9 Å². The van der Waals surface area contributed by atoms with E-state index in [2.05, 4.69) is 20.7 Å². The topological polar surface area (TPSA) is 55.4 Å². The standard InChI is InChI=1S/C13H14BrNO3S2/c1-9(10-4-3-5-11(8-10)18-2)15-20(16,17)13-7-6-12(14)19-13/h3-9,15H,1-2H3. The summed E-state index contributed by atoms with van der Waals surface area (Å²) in [5.41, 5.74) is 0.851. The summed E-state index contributed by atoms with van der Waals surface area (Å²) in [4.78, 5) is 0. The number of rotatable bonds is 5. The molecule has 0 radical (unpaired) electrons. The lowest BCUT2D eigenvalue weighted by Gasteiger charge is -2.14. The van der Waals surface area contributed by atoms with E-state index in [-0.39, 0.29) is 6.04 Å². The zero-order chi connectivity index (χ0) is 14.8. The Morgan fingerprint density at radius 1 is 1.30 bits per heavy atom. The molecule has 4 nitrogen and oxygen atoms in total. The van der Waals surface area contributed by atoms with Gasteiger partial charge >= 0.3 is 0 Å². The van der Waals surface area contributed by atoms with E-state index in [1.54, 1.807) is 26.2 Å². The van der Waals surface area contributed by atoms with E-state index < -0.39 is 10.0 Å². The van der Waals surface area contributed by atoms with Crippen molar-refractivity contribution in [3.8, 4) is 5.75 Å². The number of benzene rings is 1. The third-order valence-electron chi connectivity index (χ3n) is 2.74. The number of hydrogen-bond donors (Lipinski definition) is 1. The largest absolute Gasteiger partial charge is 0.497 e. The molecule has 1 aromatic heterocycles. The zero-order valence-corrected chi connectivity index (χ0v) is 14.2. The molecular formula is C13H14BrNO3S2. The van der Waals surface area contributed by atoms with E-state index in [4.69, 9.17) is 4.74 Å². The minimum atomic E-state index is -3.51. The number of ether oxygens (including phenoxy) is 1. The highest BCUT2D eigenvalue weighted by Gasteiger charge is 2.20. The van der Waals surface area contributed by atoms with Crippen LogP contribution in [0.4, 0.5) is 0 Å². The van der Waals surface area contributed by atoms with E-state index in [1.165, 1.54) is 11.3 Å². The van der Waals surface area contributed by atoms with Crippen LogP contribution in [0.3, 0.4) is 0 Å². The molecule has 108 valence electrons. The maximum absolute atomic E-state index is 12.2. The molecule has 2 rings (SSSR count). The number of methoxy groups -OCH3 is 1. The minimum Gasteiger partial charge on any atom is -0.497 e. The first-order valence-electron chi connectivity index (χ1n) is 5.84. The highest BCUT2D eigenvalue weighted by Crippen LogP contribution is 2.27. The Labute approximate surface area is 131 Å². The fraction of sp³-hybridized carbons (Fsp3) is 0.231. The van der Waals surface area contributed by atoms with Crippen LogP contribution in [0, 0.1) is 0 Å². The first-order valence-corrected chi connectivity index (χ1v) is 8.93. The summed E-state index contributed by atoms with van der Waals surface area (Å²) >= 11 is 4.45. The lowest BCUT2D eigenvalue weighted by atomic mass is 10.1. The van der Waals surface area contributed by atoms with Crippen LogP contribution in [0.2, 0.25) is 0 Å². The number of hydrogen-bond acceptors (Lipinski definition) is 4. The average Bonchev–Trinajstić information content (AvgIpc) is 2.86. The normalized spacial score (nSPS) is 13.2. The van der Waals surface area contributed by atoms with E-state index in [1.807, 2.05) is 24.3 Å². The molecule has 7 heteroatoms. The van der Waals surface area contributed by atoms with Crippen molar-refractivity contribution in [3.05, 3.63) is 45.7 Å². The maximum Gasteiger partial charge on any atom is 0.250 e. The van der Waals surface area contributed by atoms with Gasteiger partial charge in [-0.25, -0.2) is 13.1 Å². The predicted molar refractivity (Wildman–Crippen MR) is 83.7 cm³/mol. The van der Waals surface area contributed by atoms with Crippen LogP contribution < -0.4 is 9.46 Å². The van der Waals surface area contributed by atoms with Gasteiger partial charge in [-0.3, -0.25) is 0 Å². The van der Waals surface area contributed by atoms with Crippen molar-refractivity contribution in [2.75, 3.05) is 7.11 Å². The smallest absolute Gasteiger partial charge is 0.250 e. The molecule has 0 saturated heterocycles. The van der Waals surface area contributed by atoms with Gasteiger partial charge in [-0.05, 0) is 52.7 Å². The summed E-state index contributed by atoms with van der Waals surface area (Å²) in [7, 11) is -1.93. The molecule has 0 amide bonds. The number of sulfonamides is 1. The Balaban J connectivity index is 2.20. The molecule has 1 aromatic carbocycles. The molecule has 20 heavy (non-hydrogen) atoms. The summed E-state index contributed by atoms with van der Waals surface area (Å²) in [5.74, 6) is 0.701. The van der Waals surface area contributed by atoms with Crippen molar-refractivity contribution in [2.24, 2.45) is 0 Å². The molecule has 0 aliphatic rings. The monoisotopic (exact) mass is 375 g/mol. The molecule has 0 spiro atoms. The third-order valence-corrected chi connectivity index (χ3v) is 6.40. The van der Waals surface area contributed by atoms with Gasteiger partial charge in [0.15, 0.2) is 0 Å². The molecule has 1 heterocycles. The Kier molecular flexibility index (Phi) is 4.85. The molecule has 1 unspecified atom stereocenters. The molecule has 1 atom stereocenters. The van der Waals surface area contributed by atoms with Crippen molar-refractivity contribution in [2.45, 2.75) is 17.2 Å². The summed E-state index contributed by atoms with van der Waals surface area (Å²) in [6, 6.07) is 10.3. The van der Waals surface area contributed by atoms with Gasteiger partial charge in [0.1, 0.15) is 9.96 Å². The molecule has 0 saturated carbocycles. The quantitative estimate of drug-likeness (QED) is 0.868. The molecule has 0 aliphatic carbocycles. The molecule has 2 aromatic rings. The Hall–Kier alpha value is -0.890. The van der Waals surface area contributed by atoms with Crippen LogP contribution in [-0.4, -0.2) is 15.5 Å². The van der Waals surface area contributed by atoms with Crippen LogP contribution in [0.5, 0.6) is 5.75 Å². The third kappa shape index (κ3) is 3.60. The van der Waals surface area contributed by atoms with Crippen LogP contribution >= 0.6 is 27.3 Å². The van der Waals surface area contributed by atoms with Crippen LogP contribution in [0.25, 0.3) is 0 Å². The van der Waals surface area contributed by atoms with E-state index in [9.17, 15) is 8.42 Å². The summed E-state index contributed by atoms with van der Waals surface area (Å²) < 4.78 is 33.3. The SMILES string of the molecule is COc1cccc(C(C)NS(=O)(=O)c2ccc(Br)s2)c1. The summed E-state index contributed by atoms with van der Waals surface area (Å²) in [5, 5.41) is 0. The van der Waals surface area contributed by atoms with Crippen molar-refractivity contribution < 1.29 is 13.2 Å². The van der Waals surface area contributed by atoms with E-state index in [0.29, 0.717) is 9.96 Å². The molecule has 0 fully saturated rings. The van der Waals surface area contributed by atoms with Crippen molar-refractivity contribution in [1.82, 2.24) is 4.72 Å². The summed E-state index contributed by atoms with van der Waals surface area (Å²) in [6.45, 7) is 1.80. The van der Waals surface area contributed by atoms with Gasteiger partial charge in [-0.1, -0.05) is 12.1 Å². The van der Waals surface area contributed by atoms with Crippen molar-refractivity contribution in [3.63, 3.8) is 0 Å². The lowest BCUT2D eigenvalue weighted by Crippen LogP contribution is -2.26. The Morgan fingerprint density at radius 2 is 2.05 bits per heavy atom. The average molecular weight is 376 g/mol. The number of halogens is 1. The maximum atomic E-state index is 12.2. The van der Waals surface area contributed by atoms with Gasteiger partial charge < -0.3 is 4.74 Å². The second-order valence-electron chi connectivity index (χ2n) is 4.18. The molecule has 1 N–H and O–H groups in total. The number of nitrogens with one attached hydrogen (secondary N) is 1. The second kappa shape index (κ2) is 6.26. The Bertz CT molecular complexity index is 697. The second-order valence-corrected chi connectivity index (χ2v) is 8.58. The van der Waals surface area contributed by atoms with Gasteiger partial charge in [0, 0.05) is 6.04 Å². The van der Waals surface area contributed by atoms with Crippen molar-refractivity contribution in [1.29, 1.82) is 0 Å². The molecule has 0 bridgehead atoms. The summed E-state index contributed by atoms with van der Waals surface area (Å²) in [6.07, 6.45) is 0. The number of thiophene rings is 1. The minimum absolute atomic E-state index is 0.291. The van der Waals surface area contributed by atoms with Gasteiger partial charge in [0.25, 0.3) is 10.0 Å². The fourth-order valence-corrected chi connectivity index (χ4v) is 4.97. The van der Waals surface area contributed by atoms with E-state index in [0.717, 1.165) is 9.35 Å². The Morgan fingerprint density at radius 3 is 2.65 bits per heavy atom. The fourth-order valence-electron chi connectivity index (χ4n) is 1.71. The van der Waals surface area contributed by atoms with Gasteiger partial charge in [-0.2, -0.15) is 0 Å². The molecular weight excluding hydrogens is 362 g/mol. The van der Waals surface area contributed by atoms with Crippen LogP contribution in [-0.2, 0) is 10.0 Å². The first kappa shape index (κ1) is 15.5. The molecule has 0 aliphatic heterocycles.